The van der Waals surface area contributed by atoms with Crippen molar-refractivity contribution in [1.82, 2.24) is 24.3 Å². The number of hydrogen-bond acceptors (Lipinski definition) is 6. The van der Waals surface area contributed by atoms with Crippen LogP contribution in [0.15, 0.2) is 45.8 Å². The third kappa shape index (κ3) is 3.19. The fourth-order valence-corrected chi connectivity index (χ4v) is 2.53. The molecule has 4 rings (SSSR count). The minimum atomic E-state index is -5.00. The average molecular weight is 395 g/mol. The molecule has 0 saturated heterocycles. The Balaban J connectivity index is 1.75. The molecule has 0 radical (unpaired) electrons. The van der Waals surface area contributed by atoms with E-state index in [-0.39, 0.29) is 17.2 Å². The molecule has 0 aliphatic rings. The highest BCUT2D eigenvalue weighted by molar-refractivity contribution is 5.65. The first-order chi connectivity index (χ1) is 13.2. The van der Waals surface area contributed by atoms with E-state index in [0.29, 0.717) is 11.4 Å². The Morgan fingerprint density at radius 1 is 1.14 bits per heavy atom. The summed E-state index contributed by atoms with van der Waals surface area (Å²) in [7, 11) is 0. The number of pyridine rings is 1. The van der Waals surface area contributed by atoms with Gasteiger partial charge in [-0.1, -0.05) is 11.2 Å². The molecule has 0 saturated carbocycles. The fourth-order valence-electron chi connectivity index (χ4n) is 2.53. The molecule has 0 aliphatic carbocycles. The fraction of sp³-hybridized carbons (Fsp3) is 0.125. The van der Waals surface area contributed by atoms with E-state index in [9.17, 15) is 22.4 Å². The van der Waals surface area contributed by atoms with Gasteiger partial charge in [-0.3, -0.25) is 0 Å². The van der Waals surface area contributed by atoms with Crippen LogP contribution in [0.5, 0.6) is 5.75 Å². The van der Waals surface area contributed by atoms with Crippen LogP contribution in [0.2, 0.25) is 0 Å². The Kier molecular flexibility index (Phi) is 3.91. The number of halogens is 4. The molecule has 0 aliphatic heterocycles. The summed E-state index contributed by atoms with van der Waals surface area (Å²) in [4.78, 5) is 16.4. The van der Waals surface area contributed by atoms with Crippen molar-refractivity contribution < 1.29 is 26.8 Å². The van der Waals surface area contributed by atoms with Crippen LogP contribution < -0.4 is 10.4 Å². The Morgan fingerprint density at radius 3 is 2.54 bits per heavy atom. The lowest BCUT2D eigenvalue weighted by Crippen LogP contribution is -2.19. The van der Waals surface area contributed by atoms with Crippen molar-refractivity contribution in [3.05, 3.63) is 58.7 Å². The summed E-state index contributed by atoms with van der Waals surface area (Å²) in [6, 6.07) is 5.86. The van der Waals surface area contributed by atoms with Gasteiger partial charge in [0, 0.05) is 6.20 Å². The number of fused-ring (bicyclic) bond motifs is 1. The molecule has 4 aromatic rings. The Morgan fingerprint density at radius 2 is 1.89 bits per heavy atom. The van der Waals surface area contributed by atoms with Crippen LogP contribution in [0.3, 0.4) is 0 Å². The van der Waals surface area contributed by atoms with Crippen molar-refractivity contribution in [3.63, 3.8) is 0 Å². The second kappa shape index (κ2) is 6.18. The summed E-state index contributed by atoms with van der Waals surface area (Å²) >= 11 is 0. The van der Waals surface area contributed by atoms with Crippen LogP contribution in [0.4, 0.5) is 17.6 Å². The largest absolute Gasteiger partial charge is 0.573 e. The van der Waals surface area contributed by atoms with Gasteiger partial charge < -0.3 is 9.26 Å². The normalized spacial score (nSPS) is 11.9. The zero-order valence-corrected chi connectivity index (χ0v) is 13.9. The topological polar surface area (TPSA) is 87.5 Å². The summed E-state index contributed by atoms with van der Waals surface area (Å²) in [6.45, 7) is 1.58. The second-order valence-electron chi connectivity index (χ2n) is 5.66. The van der Waals surface area contributed by atoms with Crippen LogP contribution in [0.25, 0.3) is 22.8 Å². The zero-order valence-electron chi connectivity index (χ0n) is 13.9. The van der Waals surface area contributed by atoms with E-state index >= 15 is 0 Å². The summed E-state index contributed by atoms with van der Waals surface area (Å²) in [5.41, 5.74) is 0.246. The Bertz CT molecular complexity index is 1240. The third-order valence-electron chi connectivity index (χ3n) is 3.71. The quantitative estimate of drug-likeness (QED) is 0.496. The van der Waals surface area contributed by atoms with E-state index in [1.54, 1.807) is 6.92 Å². The molecule has 0 amide bonds. The predicted molar refractivity (Wildman–Crippen MR) is 85.5 cm³/mol. The first kappa shape index (κ1) is 17.7. The van der Waals surface area contributed by atoms with Gasteiger partial charge in [0.2, 0.25) is 0 Å². The van der Waals surface area contributed by atoms with Crippen molar-refractivity contribution in [2.45, 2.75) is 13.3 Å². The molecule has 0 atom stereocenters. The van der Waals surface area contributed by atoms with Crippen LogP contribution in [0, 0.1) is 12.7 Å². The van der Waals surface area contributed by atoms with Gasteiger partial charge in [0.15, 0.2) is 23.0 Å². The van der Waals surface area contributed by atoms with Crippen molar-refractivity contribution in [2.24, 2.45) is 0 Å². The number of aryl methyl sites for hydroxylation is 1. The average Bonchev–Trinajstić information content (AvgIpc) is 3.19. The van der Waals surface area contributed by atoms with Crippen molar-refractivity contribution in [1.29, 1.82) is 0 Å². The van der Waals surface area contributed by atoms with Gasteiger partial charge in [0.1, 0.15) is 0 Å². The highest BCUT2D eigenvalue weighted by Crippen LogP contribution is 2.29. The molecular weight excluding hydrogens is 386 g/mol. The van der Waals surface area contributed by atoms with Gasteiger partial charge >= 0.3 is 18.1 Å². The van der Waals surface area contributed by atoms with Gasteiger partial charge in [0.25, 0.3) is 0 Å². The minimum Gasteiger partial charge on any atom is -0.403 e. The van der Waals surface area contributed by atoms with E-state index in [4.69, 9.17) is 4.52 Å². The molecule has 28 heavy (non-hydrogen) atoms. The molecular formula is C16H9F4N5O3. The molecule has 12 heteroatoms. The number of rotatable bonds is 3. The predicted octanol–water partition coefficient (Wildman–Crippen LogP) is 2.88. The maximum atomic E-state index is 13.9. The summed E-state index contributed by atoms with van der Waals surface area (Å²) in [6.07, 6.45) is -3.64. The van der Waals surface area contributed by atoms with E-state index in [0.717, 1.165) is 21.2 Å². The van der Waals surface area contributed by atoms with Gasteiger partial charge in [0.05, 0.1) is 0 Å². The minimum absolute atomic E-state index is 0.118. The SMILES string of the molecule is Cc1noc(-n2nc3ccc(-c4ccc(OC(F)(F)F)c(F)c4)cn3c2=O)n1. The van der Waals surface area contributed by atoms with E-state index in [1.165, 1.54) is 24.4 Å². The zero-order chi connectivity index (χ0) is 20.1. The van der Waals surface area contributed by atoms with Gasteiger partial charge in [-0.05, 0) is 42.3 Å². The van der Waals surface area contributed by atoms with E-state index in [1.807, 2.05) is 0 Å². The molecule has 0 bridgehead atoms. The lowest BCUT2D eigenvalue weighted by molar-refractivity contribution is -0.275. The number of nitrogens with zero attached hydrogens (tertiary/aromatic N) is 5. The van der Waals surface area contributed by atoms with Gasteiger partial charge in [-0.25, -0.2) is 13.6 Å². The van der Waals surface area contributed by atoms with Crippen LogP contribution in [-0.2, 0) is 0 Å². The summed E-state index contributed by atoms with van der Waals surface area (Å²) in [5, 5.41) is 7.64. The Hall–Kier alpha value is -3.70. The number of alkyl halides is 3. The maximum absolute atomic E-state index is 13.9. The van der Waals surface area contributed by atoms with E-state index in [2.05, 4.69) is 20.0 Å². The monoisotopic (exact) mass is 395 g/mol. The summed E-state index contributed by atoms with van der Waals surface area (Å²) < 4.78 is 61.3. The highest BCUT2D eigenvalue weighted by Gasteiger charge is 2.32. The van der Waals surface area contributed by atoms with Crippen LogP contribution in [0.1, 0.15) is 5.82 Å². The van der Waals surface area contributed by atoms with Crippen LogP contribution >= 0.6 is 0 Å². The molecule has 0 unspecified atom stereocenters. The smallest absolute Gasteiger partial charge is 0.403 e. The molecule has 0 fully saturated rings. The third-order valence-corrected chi connectivity index (χ3v) is 3.71. The number of hydrogen-bond donors (Lipinski definition) is 0. The van der Waals surface area contributed by atoms with Gasteiger partial charge in [-0.15, -0.1) is 23.0 Å². The lowest BCUT2D eigenvalue weighted by Gasteiger charge is -2.10. The molecule has 3 aromatic heterocycles. The molecule has 1 aromatic carbocycles. The Labute approximate surface area is 152 Å². The van der Waals surface area contributed by atoms with Crippen LogP contribution in [-0.4, -0.2) is 30.7 Å². The standard InChI is InChI=1S/C16H9F4N5O3/c1-8-21-14(28-23-8)25-15(26)24-7-10(3-5-13(24)22-25)9-2-4-12(11(17)6-9)27-16(18,19)20/h2-7H,1H3. The maximum Gasteiger partial charge on any atom is 0.573 e. The lowest BCUT2D eigenvalue weighted by atomic mass is 10.1. The first-order valence-corrected chi connectivity index (χ1v) is 7.69. The number of aromatic nitrogens is 5. The number of ether oxygens (including phenoxy) is 1. The van der Waals surface area contributed by atoms with E-state index < -0.39 is 23.6 Å². The summed E-state index contributed by atoms with van der Waals surface area (Å²) in [5.74, 6) is -1.83. The van der Waals surface area contributed by atoms with Crippen molar-refractivity contribution in [2.75, 3.05) is 0 Å². The highest BCUT2D eigenvalue weighted by atomic mass is 19.4. The number of benzene rings is 1. The molecule has 8 nitrogen and oxygen atoms in total. The first-order valence-electron chi connectivity index (χ1n) is 7.69. The molecule has 0 spiro atoms. The second-order valence-corrected chi connectivity index (χ2v) is 5.66. The molecule has 0 N–H and O–H groups in total. The van der Waals surface area contributed by atoms with Gasteiger partial charge in [-0.2, -0.15) is 4.98 Å². The molecule has 3 heterocycles. The van der Waals surface area contributed by atoms with Crippen molar-refractivity contribution in [3.8, 4) is 22.9 Å². The van der Waals surface area contributed by atoms with Crippen molar-refractivity contribution >= 4 is 5.65 Å². The molecule has 144 valence electrons.